The van der Waals surface area contributed by atoms with Crippen LogP contribution in [-0.2, 0) is 16.4 Å². The van der Waals surface area contributed by atoms with Gasteiger partial charge in [-0.15, -0.1) is 0 Å². The first-order chi connectivity index (χ1) is 8.97. The number of pyridine rings is 1. The fourth-order valence-corrected chi connectivity index (χ4v) is 2.35. The van der Waals surface area contributed by atoms with Gasteiger partial charge in [-0.25, -0.2) is 18.1 Å². The Labute approximate surface area is 110 Å². The number of nitrogens with one attached hydrogen (secondary N) is 1. The summed E-state index contributed by atoms with van der Waals surface area (Å²) >= 11 is 0. The first-order valence-electron chi connectivity index (χ1n) is 5.48. The first-order valence-corrected chi connectivity index (χ1v) is 6.96. The summed E-state index contributed by atoms with van der Waals surface area (Å²) < 4.78 is 31.0. The van der Waals surface area contributed by atoms with Gasteiger partial charge in [-0.05, 0) is 12.1 Å². The van der Waals surface area contributed by atoms with E-state index in [1.165, 1.54) is 18.3 Å². The molecule has 2 heterocycles. The summed E-state index contributed by atoms with van der Waals surface area (Å²) in [5.74, 6) is 1.16. The number of nitrogen functional groups attached to an aromatic ring is 1. The van der Waals surface area contributed by atoms with Crippen LogP contribution in [0.1, 0.15) is 11.7 Å². The van der Waals surface area contributed by atoms with Crippen molar-refractivity contribution in [3.05, 3.63) is 30.0 Å². The van der Waals surface area contributed by atoms with Crippen molar-refractivity contribution in [1.29, 1.82) is 0 Å². The van der Waals surface area contributed by atoms with Gasteiger partial charge in [-0.3, -0.25) is 0 Å². The predicted molar refractivity (Wildman–Crippen MR) is 66.6 cm³/mol. The second-order valence-electron chi connectivity index (χ2n) is 3.80. The van der Waals surface area contributed by atoms with Crippen LogP contribution in [0.3, 0.4) is 0 Å². The number of anilines is 1. The first kappa shape index (κ1) is 13.4. The zero-order chi connectivity index (χ0) is 13.9. The third-order valence-corrected chi connectivity index (χ3v) is 3.73. The number of nitrogens with two attached hydrogens (primary N) is 1. The molecule has 0 bridgehead atoms. The minimum Gasteiger partial charge on any atom is -0.384 e. The molecule has 2 rings (SSSR count). The normalized spacial score (nSPS) is 11.6. The number of rotatable bonds is 5. The van der Waals surface area contributed by atoms with Gasteiger partial charge >= 0.3 is 0 Å². The van der Waals surface area contributed by atoms with Crippen LogP contribution < -0.4 is 10.5 Å². The molecule has 0 unspecified atom stereocenters. The standard InChI is InChI=1S/C10H13N5O3S/c1-7-14-10(15-18-7)4-5-13-19(16,17)8-2-3-9(11)12-6-8/h2-3,6,13H,4-5H2,1H3,(H2,11,12). The third-order valence-electron chi connectivity index (χ3n) is 2.28. The SMILES string of the molecule is Cc1nc(CCNS(=O)(=O)c2ccc(N)nc2)no1. The molecular formula is C10H13N5O3S. The summed E-state index contributed by atoms with van der Waals surface area (Å²) in [5, 5.41) is 3.67. The topological polar surface area (TPSA) is 124 Å². The van der Waals surface area contributed by atoms with Gasteiger partial charge in [0.05, 0.1) is 0 Å². The predicted octanol–water partition coefficient (Wildman–Crippen LogP) is -0.124. The number of aryl methyl sites for hydroxylation is 1. The molecule has 0 aliphatic heterocycles. The van der Waals surface area contributed by atoms with Crippen LogP contribution in [0.4, 0.5) is 5.82 Å². The van der Waals surface area contributed by atoms with E-state index in [0.29, 0.717) is 18.1 Å². The van der Waals surface area contributed by atoms with Crippen LogP contribution >= 0.6 is 0 Å². The number of nitrogens with zero attached hydrogens (tertiary/aromatic N) is 3. The molecule has 8 nitrogen and oxygen atoms in total. The highest BCUT2D eigenvalue weighted by molar-refractivity contribution is 7.89. The van der Waals surface area contributed by atoms with Gasteiger partial charge in [0.1, 0.15) is 10.7 Å². The molecule has 0 saturated heterocycles. The number of sulfonamides is 1. The van der Waals surface area contributed by atoms with E-state index in [1.54, 1.807) is 6.92 Å². The lowest BCUT2D eigenvalue weighted by Crippen LogP contribution is -2.26. The van der Waals surface area contributed by atoms with Crippen LogP contribution in [-0.4, -0.2) is 30.1 Å². The molecule has 2 aromatic heterocycles. The Morgan fingerprint density at radius 2 is 2.21 bits per heavy atom. The molecule has 0 aliphatic rings. The Kier molecular flexibility index (Phi) is 3.76. The van der Waals surface area contributed by atoms with Crippen molar-refractivity contribution in [1.82, 2.24) is 19.8 Å². The lowest BCUT2D eigenvalue weighted by Gasteiger charge is -2.05. The van der Waals surface area contributed by atoms with E-state index in [4.69, 9.17) is 10.3 Å². The van der Waals surface area contributed by atoms with Crippen LogP contribution in [0.5, 0.6) is 0 Å². The van der Waals surface area contributed by atoms with E-state index in [-0.39, 0.29) is 17.3 Å². The maximum absolute atomic E-state index is 11.9. The zero-order valence-corrected chi connectivity index (χ0v) is 11.0. The minimum absolute atomic E-state index is 0.0611. The van der Waals surface area contributed by atoms with Crippen molar-refractivity contribution in [3.63, 3.8) is 0 Å². The molecule has 2 aromatic rings. The Morgan fingerprint density at radius 3 is 2.79 bits per heavy atom. The second kappa shape index (κ2) is 5.33. The van der Waals surface area contributed by atoms with Crippen molar-refractivity contribution in [2.45, 2.75) is 18.2 Å². The molecule has 0 saturated carbocycles. The summed E-state index contributed by atoms with van der Waals surface area (Å²) in [7, 11) is -3.59. The van der Waals surface area contributed by atoms with E-state index >= 15 is 0 Å². The van der Waals surface area contributed by atoms with Crippen LogP contribution in [0.2, 0.25) is 0 Å². The Hall–Kier alpha value is -2.00. The highest BCUT2D eigenvalue weighted by Gasteiger charge is 2.14. The largest absolute Gasteiger partial charge is 0.384 e. The highest BCUT2D eigenvalue weighted by atomic mass is 32.2. The van der Waals surface area contributed by atoms with Gasteiger partial charge in [0.15, 0.2) is 5.82 Å². The van der Waals surface area contributed by atoms with Gasteiger partial charge in [-0.2, -0.15) is 4.98 Å². The maximum atomic E-state index is 11.9. The summed E-state index contributed by atoms with van der Waals surface area (Å²) in [6, 6.07) is 2.82. The zero-order valence-electron chi connectivity index (χ0n) is 10.2. The minimum atomic E-state index is -3.59. The quantitative estimate of drug-likeness (QED) is 0.783. The summed E-state index contributed by atoms with van der Waals surface area (Å²) in [6.45, 7) is 1.84. The Bertz CT molecular complexity index is 650. The molecule has 3 N–H and O–H groups in total. The molecule has 0 radical (unpaired) electrons. The Morgan fingerprint density at radius 1 is 1.42 bits per heavy atom. The van der Waals surface area contributed by atoms with Crippen LogP contribution in [0, 0.1) is 6.92 Å². The molecule has 0 fully saturated rings. The number of hydrogen-bond donors (Lipinski definition) is 2. The van der Waals surface area contributed by atoms with Crippen molar-refractivity contribution >= 4 is 15.8 Å². The van der Waals surface area contributed by atoms with Crippen LogP contribution in [0.25, 0.3) is 0 Å². The highest BCUT2D eigenvalue weighted by Crippen LogP contribution is 2.08. The second-order valence-corrected chi connectivity index (χ2v) is 5.56. The lowest BCUT2D eigenvalue weighted by molar-refractivity contribution is 0.387. The summed E-state index contributed by atoms with van der Waals surface area (Å²) in [6.07, 6.45) is 1.55. The van der Waals surface area contributed by atoms with Gasteiger partial charge in [-0.1, -0.05) is 5.16 Å². The molecule has 102 valence electrons. The average Bonchev–Trinajstić information content (AvgIpc) is 2.75. The van der Waals surface area contributed by atoms with E-state index < -0.39 is 10.0 Å². The van der Waals surface area contributed by atoms with E-state index in [9.17, 15) is 8.42 Å². The van der Waals surface area contributed by atoms with Crippen molar-refractivity contribution < 1.29 is 12.9 Å². The summed E-state index contributed by atoms with van der Waals surface area (Å²) in [4.78, 5) is 7.77. The van der Waals surface area contributed by atoms with Gasteiger partial charge in [0, 0.05) is 26.1 Å². The Balaban J connectivity index is 1.96. The van der Waals surface area contributed by atoms with Crippen molar-refractivity contribution in [3.8, 4) is 0 Å². The molecule has 9 heteroatoms. The molecule has 0 atom stereocenters. The molecule has 0 spiro atoms. The van der Waals surface area contributed by atoms with E-state index in [2.05, 4.69) is 19.8 Å². The number of aromatic nitrogens is 3. The van der Waals surface area contributed by atoms with Gasteiger partial charge in [0.25, 0.3) is 0 Å². The van der Waals surface area contributed by atoms with Crippen molar-refractivity contribution in [2.75, 3.05) is 12.3 Å². The van der Waals surface area contributed by atoms with E-state index in [0.717, 1.165) is 0 Å². The fourth-order valence-electron chi connectivity index (χ4n) is 1.37. The van der Waals surface area contributed by atoms with Crippen molar-refractivity contribution in [2.24, 2.45) is 0 Å². The van der Waals surface area contributed by atoms with E-state index in [1.807, 2.05) is 0 Å². The molecule has 19 heavy (non-hydrogen) atoms. The smallest absolute Gasteiger partial charge is 0.242 e. The lowest BCUT2D eigenvalue weighted by atomic mass is 10.4. The number of hydrogen-bond acceptors (Lipinski definition) is 7. The maximum Gasteiger partial charge on any atom is 0.242 e. The fraction of sp³-hybridized carbons (Fsp3) is 0.300. The average molecular weight is 283 g/mol. The molecule has 0 amide bonds. The monoisotopic (exact) mass is 283 g/mol. The molecular weight excluding hydrogens is 270 g/mol. The summed E-state index contributed by atoms with van der Waals surface area (Å²) in [5.41, 5.74) is 5.40. The van der Waals surface area contributed by atoms with Gasteiger partial charge in [0.2, 0.25) is 15.9 Å². The molecule has 0 aliphatic carbocycles. The van der Waals surface area contributed by atoms with Gasteiger partial charge < -0.3 is 10.3 Å². The third kappa shape index (κ3) is 3.48. The van der Waals surface area contributed by atoms with Crippen LogP contribution in [0.15, 0.2) is 27.7 Å². The molecule has 0 aromatic carbocycles.